The van der Waals surface area contributed by atoms with E-state index >= 15 is 0 Å². The van der Waals surface area contributed by atoms with E-state index in [1.807, 2.05) is 36.4 Å². The SMILES string of the molecule is O=C(C=Cc1ccco1)NC(Cc1ccccc1)C(=O)NC(Cc1ccccc1)C(=O)O. The highest BCUT2D eigenvalue weighted by Gasteiger charge is 2.26. The van der Waals surface area contributed by atoms with Gasteiger partial charge in [-0.1, -0.05) is 60.7 Å². The van der Waals surface area contributed by atoms with Crippen molar-refractivity contribution in [2.45, 2.75) is 24.9 Å². The first kappa shape index (κ1) is 22.6. The van der Waals surface area contributed by atoms with Crippen LogP contribution >= 0.6 is 0 Å². The van der Waals surface area contributed by atoms with Crippen molar-refractivity contribution in [2.75, 3.05) is 0 Å². The third-order valence-corrected chi connectivity index (χ3v) is 4.76. The number of benzene rings is 2. The molecule has 2 aromatic carbocycles. The molecule has 2 atom stereocenters. The van der Waals surface area contributed by atoms with Crippen LogP contribution in [-0.2, 0) is 27.2 Å². The Bertz CT molecular complexity index is 1050. The molecule has 2 amide bonds. The quantitative estimate of drug-likeness (QED) is 0.427. The molecule has 3 aromatic rings. The van der Waals surface area contributed by atoms with Gasteiger partial charge in [0, 0.05) is 18.9 Å². The molecule has 2 unspecified atom stereocenters. The van der Waals surface area contributed by atoms with Gasteiger partial charge >= 0.3 is 5.97 Å². The molecule has 0 aliphatic heterocycles. The van der Waals surface area contributed by atoms with Crippen LogP contribution in [0, 0.1) is 0 Å². The molecule has 0 spiro atoms. The number of aliphatic carboxylic acids is 1. The van der Waals surface area contributed by atoms with Crippen molar-refractivity contribution in [1.29, 1.82) is 0 Å². The summed E-state index contributed by atoms with van der Waals surface area (Å²) in [7, 11) is 0. The first-order chi connectivity index (χ1) is 15.5. The van der Waals surface area contributed by atoms with Crippen molar-refractivity contribution in [3.8, 4) is 0 Å². The maximum absolute atomic E-state index is 13.0. The van der Waals surface area contributed by atoms with Gasteiger partial charge in [-0.25, -0.2) is 4.79 Å². The molecule has 1 heterocycles. The fraction of sp³-hybridized carbons (Fsp3) is 0.160. The monoisotopic (exact) mass is 432 g/mol. The molecule has 0 saturated carbocycles. The molecule has 7 heteroatoms. The summed E-state index contributed by atoms with van der Waals surface area (Å²) in [5.74, 6) is -1.72. The van der Waals surface area contributed by atoms with Crippen LogP contribution in [0.1, 0.15) is 16.9 Å². The zero-order chi connectivity index (χ0) is 22.8. The summed E-state index contributed by atoms with van der Waals surface area (Å²) in [5, 5.41) is 14.8. The highest BCUT2D eigenvalue weighted by atomic mass is 16.4. The Kier molecular flexibility index (Phi) is 7.97. The summed E-state index contributed by atoms with van der Waals surface area (Å²) < 4.78 is 5.16. The minimum atomic E-state index is -1.15. The number of carboxylic acid groups (broad SMARTS) is 1. The van der Waals surface area contributed by atoms with E-state index in [0.29, 0.717) is 5.76 Å². The third kappa shape index (κ3) is 6.98. The van der Waals surface area contributed by atoms with Gasteiger partial charge in [-0.2, -0.15) is 0 Å². The van der Waals surface area contributed by atoms with Gasteiger partial charge < -0.3 is 20.2 Å². The summed E-state index contributed by atoms with van der Waals surface area (Å²) >= 11 is 0. The molecular formula is C25H24N2O5. The molecule has 1 aromatic heterocycles. The van der Waals surface area contributed by atoms with Crippen molar-refractivity contribution in [3.05, 3.63) is 102 Å². The highest BCUT2D eigenvalue weighted by Crippen LogP contribution is 2.08. The molecule has 0 saturated heterocycles. The molecule has 0 aliphatic rings. The third-order valence-electron chi connectivity index (χ3n) is 4.76. The Morgan fingerprint density at radius 3 is 1.94 bits per heavy atom. The zero-order valence-electron chi connectivity index (χ0n) is 17.3. The van der Waals surface area contributed by atoms with Crippen molar-refractivity contribution in [1.82, 2.24) is 10.6 Å². The molecule has 0 fully saturated rings. The molecule has 3 N–H and O–H groups in total. The molecule has 0 radical (unpaired) electrons. The van der Waals surface area contributed by atoms with Gasteiger partial charge in [0.2, 0.25) is 11.8 Å². The predicted molar refractivity (Wildman–Crippen MR) is 120 cm³/mol. The van der Waals surface area contributed by atoms with Gasteiger partial charge in [0.15, 0.2) is 0 Å². The standard InChI is InChI=1S/C25H24N2O5/c28-23(14-13-20-12-7-15-32-20)26-21(16-18-8-3-1-4-9-18)24(29)27-22(25(30)31)17-19-10-5-2-6-11-19/h1-15,21-22H,16-17H2,(H,26,28)(H,27,29)(H,30,31). The van der Waals surface area contributed by atoms with E-state index < -0.39 is 29.9 Å². The molecule has 7 nitrogen and oxygen atoms in total. The van der Waals surface area contributed by atoms with Crippen LogP contribution in [0.4, 0.5) is 0 Å². The van der Waals surface area contributed by atoms with Crippen molar-refractivity contribution in [3.63, 3.8) is 0 Å². The van der Waals surface area contributed by atoms with E-state index in [-0.39, 0.29) is 12.8 Å². The number of hydrogen-bond donors (Lipinski definition) is 3. The van der Waals surface area contributed by atoms with E-state index in [2.05, 4.69) is 10.6 Å². The summed E-state index contributed by atoms with van der Waals surface area (Å²) in [4.78, 5) is 37.2. The number of nitrogens with one attached hydrogen (secondary N) is 2. The van der Waals surface area contributed by atoms with Crippen LogP contribution < -0.4 is 10.6 Å². The van der Waals surface area contributed by atoms with Gasteiger partial charge in [0.25, 0.3) is 0 Å². The summed E-state index contributed by atoms with van der Waals surface area (Å²) in [5.41, 5.74) is 1.61. The van der Waals surface area contributed by atoms with Gasteiger partial charge in [-0.05, 0) is 29.3 Å². The maximum Gasteiger partial charge on any atom is 0.326 e. The topological polar surface area (TPSA) is 109 Å². The zero-order valence-corrected chi connectivity index (χ0v) is 17.3. The number of carboxylic acids is 1. The molecule has 3 rings (SSSR count). The fourth-order valence-electron chi connectivity index (χ4n) is 3.15. The Morgan fingerprint density at radius 2 is 1.41 bits per heavy atom. The van der Waals surface area contributed by atoms with E-state index in [1.54, 1.807) is 36.4 Å². The second-order valence-electron chi connectivity index (χ2n) is 7.19. The van der Waals surface area contributed by atoms with Crippen molar-refractivity contribution >= 4 is 23.9 Å². The van der Waals surface area contributed by atoms with Crippen LogP contribution in [0.25, 0.3) is 6.08 Å². The molecule has 0 bridgehead atoms. The van der Waals surface area contributed by atoms with Crippen LogP contribution in [0.15, 0.2) is 89.6 Å². The minimum Gasteiger partial charge on any atom is -0.480 e. The number of rotatable bonds is 10. The first-order valence-corrected chi connectivity index (χ1v) is 10.1. The average molecular weight is 432 g/mol. The summed E-state index contributed by atoms with van der Waals surface area (Å²) in [6.07, 6.45) is 4.59. The number of carbonyl (C=O) groups is 3. The molecule has 32 heavy (non-hydrogen) atoms. The molecule has 0 aliphatic carbocycles. The molecule has 164 valence electrons. The predicted octanol–water partition coefficient (Wildman–Crippen LogP) is 2.83. The van der Waals surface area contributed by atoms with Crippen molar-refractivity contribution in [2.24, 2.45) is 0 Å². The average Bonchev–Trinajstić information content (AvgIpc) is 3.32. The van der Waals surface area contributed by atoms with E-state index in [1.165, 1.54) is 18.4 Å². The number of carbonyl (C=O) groups excluding carboxylic acids is 2. The Hall–Kier alpha value is -4.13. The number of amides is 2. The van der Waals surface area contributed by atoms with Crippen LogP contribution in [0.5, 0.6) is 0 Å². The fourth-order valence-corrected chi connectivity index (χ4v) is 3.15. The lowest BCUT2D eigenvalue weighted by molar-refractivity contribution is -0.142. The lowest BCUT2D eigenvalue weighted by Gasteiger charge is -2.21. The van der Waals surface area contributed by atoms with Crippen LogP contribution in [0.3, 0.4) is 0 Å². The first-order valence-electron chi connectivity index (χ1n) is 10.1. The van der Waals surface area contributed by atoms with Gasteiger partial charge in [-0.15, -0.1) is 0 Å². The van der Waals surface area contributed by atoms with E-state index in [9.17, 15) is 19.5 Å². The van der Waals surface area contributed by atoms with E-state index in [0.717, 1.165) is 11.1 Å². The highest BCUT2D eigenvalue weighted by molar-refractivity contribution is 5.96. The van der Waals surface area contributed by atoms with E-state index in [4.69, 9.17) is 4.42 Å². The molecular weight excluding hydrogens is 408 g/mol. The second-order valence-corrected chi connectivity index (χ2v) is 7.19. The second kappa shape index (κ2) is 11.3. The Balaban J connectivity index is 1.72. The minimum absolute atomic E-state index is 0.131. The van der Waals surface area contributed by atoms with Crippen LogP contribution in [-0.4, -0.2) is 35.0 Å². The van der Waals surface area contributed by atoms with Gasteiger partial charge in [0.05, 0.1) is 6.26 Å². The Morgan fingerprint density at radius 1 is 0.812 bits per heavy atom. The lowest BCUT2D eigenvalue weighted by Crippen LogP contribution is -2.52. The van der Waals surface area contributed by atoms with Crippen LogP contribution in [0.2, 0.25) is 0 Å². The lowest BCUT2D eigenvalue weighted by atomic mass is 10.0. The van der Waals surface area contributed by atoms with Gasteiger partial charge in [0.1, 0.15) is 17.8 Å². The summed E-state index contributed by atoms with van der Waals surface area (Å²) in [6, 6.07) is 19.5. The maximum atomic E-state index is 13.0. The number of hydrogen-bond acceptors (Lipinski definition) is 4. The smallest absolute Gasteiger partial charge is 0.326 e. The normalized spacial score (nSPS) is 12.8. The largest absolute Gasteiger partial charge is 0.480 e. The number of furan rings is 1. The summed E-state index contributed by atoms with van der Waals surface area (Å²) in [6.45, 7) is 0. The van der Waals surface area contributed by atoms with Crippen molar-refractivity contribution < 1.29 is 23.9 Å². The Labute approximate surface area is 185 Å². The van der Waals surface area contributed by atoms with Gasteiger partial charge in [-0.3, -0.25) is 9.59 Å².